The van der Waals surface area contributed by atoms with E-state index in [-0.39, 0.29) is 12.7 Å². The number of hydrogen-bond donors (Lipinski definition) is 1. The molecule has 0 spiro atoms. The molecule has 4 heteroatoms. The fourth-order valence-electron chi connectivity index (χ4n) is 1.91. The molecule has 0 aromatic carbocycles. The van der Waals surface area contributed by atoms with Gasteiger partial charge in [-0.1, -0.05) is 18.6 Å². The van der Waals surface area contributed by atoms with Gasteiger partial charge in [-0.05, 0) is 38.5 Å². The zero-order valence-corrected chi connectivity index (χ0v) is 11.0. The Balaban J connectivity index is 1.86. The van der Waals surface area contributed by atoms with E-state index in [1.807, 2.05) is 6.08 Å². The van der Waals surface area contributed by atoms with Gasteiger partial charge in [0.25, 0.3) is 0 Å². The lowest BCUT2D eigenvalue weighted by molar-refractivity contribution is -0.155. The standard InChI is InChI=1S/C14H24O4/c15-13(16)9-5-3-1-2-4-7-11-17-14-10-6-8-12-18-14/h4,7,14H,1-3,5-6,8-12H2,(H,15,16)/b7-4-/t14-/m1/s1. The Morgan fingerprint density at radius 3 is 2.89 bits per heavy atom. The third-order valence-corrected chi connectivity index (χ3v) is 2.94. The van der Waals surface area contributed by atoms with Crippen molar-refractivity contribution in [3.63, 3.8) is 0 Å². The molecular weight excluding hydrogens is 232 g/mol. The molecule has 0 bridgehead atoms. The van der Waals surface area contributed by atoms with Gasteiger partial charge in [0.2, 0.25) is 0 Å². The molecule has 1 aliphatic rings. The second-order valence-electron chi connectivity index (χ2n) is 4.59. The number of carbonyl (C=O) groups is 1. The highest BCUT2D eigenvalue weighted by molar-refractivity contribution is 5.66. The number of carboxylic acids is 1. The summed E-state index contributed by atoms with van der Waals surface area (Å²) in [4.78, 5) is 10.3. The van der Waals surface area contributed by atoms with E-state index in [9.17, 15) is 4.79 Å². The van der Waals surface area contributed by atoms with E-state index in [1.165, 1.54) is 6.42 Å². The Bertz CT molecular complexity index is 244. The molecule has 0 aliphatic carbocycles. The van der Waals surface area contributed by atoms with E-state index in [1.54, 1.807) is 0 Å². The zero-order valence-electron chi connectivity index (χ0n) is 11.0. The minimum absolute atomic E-state index is 0.0148. The van der Waals surface area contributed by atoms with Crippen LogP contribution in [0, 0.1) is 0 Å². The second-order valence-corrected chi connectivity index (χ2v) is 4.59. The second kappa shape index (κ2) is 10.1. The van der Waals surface area contributed by atoms with Gasteiger partial charge in [0.05, 0.1) is 6.61 Å². The average molecular weight is 256 g/mol. The van der Waals surface area contributed by atoms with Crippen LogP contribution in [0.3, 0.4) is 0 Å². The van der Waals surface area contributed by atoms with E-state index in [0.717, 1.165) is 45.1 Å². The lowest BCUT2D eigenvalue weighted by Gasteiger charge is -2.21. The lowest BCUT2D eigenvalue weighted by atomic mass is 10.1. The third kappa shape index (κ3) is 8.25. The number of carboxylic acid groups (broad SMARTS) is 1. The van der Waals surface area contributed by atoms with E-state index < -0.39 is 5.97 Å². The highest BCUT2D eigenvalue weighted by atomic mass is 16.7. The van der Waals surface area contributed by atoms with Crippen LogP contribution in [0.5, 0.6) is 0 Å². The number of allylic oxidation sites excluding steroid dienone is 1. The SMILES string of the molecule is O=C(O)CCCCC/C=C\CO[C@H]1CCCCO1. The van der Waals surface area contributed by atoms with Crippen LogP contribution < -0.4 is 0 Å². The van der Waals surface area contributed by atoms with Gasteiger partial charge in [-0.25, -0.2) is 0 Å². The average Bonchev–Trinajstić information content (AvgIpc) is 2.37. The molecule has 0 aromatic heterocycles. The molecular formula is C14H24O4. The molecule has 1 rings (SSSR count). The third-order valence-electron chi connectivity index (χ3n) is 2.94. The van der Waals surface area contributed by atoms with Crippen molar-refractivity contribution < 1.29 is 19.4 Å². The normalized spacial score (nSPS) is 20.3. The van der Waals surface area contributed by atoms with E-state index in [0.29, 0.717) is 6.61 Å². The number of hydrogen-bond acceptors (Lipinski definition) is 3. The van der Waals surface area contributed by atoms with Crippen LogP contribution in [0.25, 0.3) is 0 Å². The molecule has 0 saturated carbocycles. The molecule has 104 valence electrons. The monoisotopic (exact) mass is 256 g/mol. The van der Waals surface area contributed by atoms with Crippen LogP contribution in [-0.2, 0) is 14.3 Å². The smallest absolute Gasteiger partial charge is 0.303 e. The molecule has 1 fully saturated rings. The van der Waals surface area contributed by atoms with Crippen molar-refractivity contribution in [1.29, 1.82) is 0 Å². The Morgan fingerprint density at radius 1 is 1.28 bits per heavy atom. The Labute approximate surface area is 109 Å². The summed E-state index contributed by atoms with van der Waals surface area (Å²) in [5, 5.41) is 8.47. The van der Waals surface area contributed by atoms with Gasteiger partial charge in [0.1, 0.15) is 0 Å². The fourth-order valence-corrected chi connectivity index (χ4v) is 1.91. The maximum absolute atomic E-state index is 10.3. The summed E-state index contributed by atoms with van der Waals surface area (Å²) in [6, 6.07) is 0. The molecule has 0 radical (unpaired) electrons. The highest BCUT2D eigenvalue weighted by Gasteiger charge is 2.12. The van der Waals surface area contributed by atoms with Crippen LogP contribution in [0.4, 0.5) is 0 Å². The predicted molar refractivity (Wildman–Crippen MR) is 69.4 cm³/mol. The summed E-state index contributed by atoms with van der Waals surface area (Å²) < 4.78 is 11.0. The van der Waals surface area contributed by atoms with Gasteiger partial charge < -0.3 is 14.6 Å². The largest absolute Gasteiger partial charge is 0.481 e. The predicted octanol–water partition coefficient (Wildman–Crippen LogP) is 3.12. The van der Waals surface area contributed by atoms with Gasteiger partial charge in [-0.3, -0.25) is 4.79 Å². The zero-order chi connectivity index (χ0) is 13.1. The van der Waals surface area contributed by atoms with Crippen molar-refractivity contribution in [3.05, 3.63) is 12.2 Å². The van der Waals surface area contributed by atoms with Gasteiger partial charge in [-0.15, -0.1) is 0 Å². The van der Waals surface area contributed by atoms with Gasteiger partial charge in [0, 0.05) is 13.0 Å². The quantitative estimate of drug-likeness (QED) is 0.508. The molecule has 1 atom stereocenters. The minimum atomic E-state index is -0.702. The number of aliphatic carboxylic acids is 1. The Morgan fingerprint density at radius 2 is 2.17 bits per heavy atom. The molecule has 0 aromatic rings. The molecule has 0 unspecified atom stereocenters. The number of rotatable bonds is 9. The summed E-state index contributed by atoms with van der Waals surface area (Å²) in [7, 11) is 0. The molecule has 1 heterocycles. The minimum Gasteiger partial charge on any atom is -0.481 e. The Kier molecular flexibility index (Phi) is 8.51. The van der Waals surface area contributed by atoms with Crippen molar-refractivity contribution in [1.82, 2.24) is 0 Å². The molecule has 1 saturated heterocycles. The van der Waals surface area contributed by atoms with E-state index in [2.05, 4.69) is 6.08 Å². The number of unbranched alkanes of at least 4 members (excludes halogenated alkanes) is 3. The summed E-state index contributed by atoms with van der Waals surface area (Å²) >= 11 is 0. The van der Waals surface area contributed by atoms with Crippen LogP contribution in [0.1, 0.15) is 51.4 Å². The summed E-state index contributed by atoms with van der Waals surface area (Å²) in [6.45, 7) is 1.43. The van der Waals surface area contributed by atoms with Gasteiger partial charge >= 0.3 is 5.97 Å². The van der Waals surface area contributed by atoms with Crippen molar-refractivity contribution in [2.45, 2.75) is 57.7 Å². The molecule has 4 nitrogen and oxygen atoms in total. The topological polar surface area (TPSA) is 55.8 Å². The first kappa shape index (κ1) is 15.2. The van der Waals surface area contributed by atoms with E-state index >= 15 is 0 Å². The van der Waals surface area contributed by atoms with E-state index in [4.69, 9.17) is 14.6 Å². The number of ether oxygens (including phenoxy) is 2. The van der Waals surface area contributed by atoms with Crippen molar-refractivity contribution in [3.8, 4) is 0 Å². The van der Waals surface area contributed by atoms with Crippen molar-refractivity contribution >= 4 is 5.97 Å². The molecule has 18 heavy (non-hydrogen) atoms. The maximum atomic E-state index is 10.3. The summed E-state index contributed by atoms with van der Waals surface area (Å²) in [6.07, 6.45) is 11.5. The first-order valence-electron chi connectivity index (χ1n) is 6.89. The van der Waals surface area contributed by atoms with Crippen molar-refractivity contribution in [2.24, 2.45) is 0 Å². The summed E-state index contributed by atoms with van der Waals surface area (Å²) in [5.74, 6) is -0.702. The van der Waals surface area contributed by atoms with Crippen LogP contribution in [0.2, 0.25) is 0 Å². The lowest BCUT2D eigenvalue weighted by Crippen LogP contribution is -2.22. The Hall–Kier alpha value is -0.870. The van der Waals surface area contributed by atoms with Crippen LogP contribution in [-0.4, -0.2) is 30.6 Å². The van der Waals surface area contributed by atoms with Crippen LogP contribution in [0.15, 0.2) is 12.2 Å². The summed E-state index contributed by atoms with van der Waals surface area (Å²) in [5.41, 5.74) is 0. The van der Waals surface area contributed by atoms with Crippen molar-refractivity contribution in [2.75, 3.05) is 13.2 Å². The van der Waals surface area contributed by atoms with Gasteiger partial charge in [0.15, 0.2) is 6.29 Å². The maximum Gasteiger partial charge on any atom is 0.303 e. The van der Waals surface area contributed by atoms with Crippen LogP contribution >= 0.6 is 0 Å². The first-order valence-corrected chi connectivity index (χ1v) is 6.89. The highest BCUT2D eigenvalue weighted by Crippen LogP contribution is 2.13. The fraction of sp³-hybridized carbons (Fsp3) is 0.786. The van der Waals surface area contributed by atoms with Gasteiger partial charge in [-0.2, -0.15) is 0 Å². The first-order chi connectivity index (χ1) is 8.79. The molecule has 0 amide bonds. The molecule has 1 N–H and O–H groups in total. The molecule has 1 aliphatic heterocycles.